The van der Waals surface area contributed by atoms with Crippen molar-refractivity contribution in [2.75, 3.05) is 0 Å². The minimum absolute atomic E-state index is 0.201. The van der Waals surface area contributed by atoms with Gasteiger partial charge in [-0.15, -0.1) is 0 Å². The minimum Gasteiger partial charge on any atom is -0.456 e. The molecule has 0 saturated carbocycles. The molecule has 0 radical (unpaired) electrons. The van der Waals surface area contributed by atoms with Gasteiger partial charge >= 0.3 is 0 Å². The molecular weight excluding hydrogens is 593 g/mol. The third kappa shape index (κ3) is 4.40. The van der Waals surface area contributed by atoms with E-state index in [4.69, 9.17) is 11.3 Å². The largest absolute Gasteiger partial charge is 0.456 e. The van der Waals surface area contributed by atoms with Crippen LogP contribution in [0.4, 0.5) is 0 Å². The third-order valence-electron chi connectivity index (χ3n) is 9.73. The third-order valence-corrected chi connectivity index (χ3v) is 9.73. The van der Waals surface area contributed by atoms with E-state index < -0.39 is 6.04 Å². The molecule has 10 rings (SSSR count). The van der Waals surface area contributed by atoms with E-state index in [9.17, 15) is 0 Å². The zero-order chi connectivity index (χ0) is 36.7. The quantitative estimate of drug-likeness (QED) is 0.177. The Morgan fingerprint density at radius 1 is 0.367 bits per heavy atom. The van der Waals surface area contributed by atoms with Gasteiger partial charge in [0, 0.05) is 16.3 Å². The Balaban J connectivity index is 1.28. The molecule has 1 heterocycles. The topological polar surface area (TPSA) is 13.1 Å². The summed E-state index contributed by atoms with van der Waals surface area (Å²) in [6.07, 6.45) is 0. The molecule has 0 aliphatic carbocycles. The lowest BCUT2D eigenvalue weighted by molar-refractivity contribution is 0.669. The van der Waals surface area contributed by atoms with Crippen molar-refractivity contribution >= 4 is 54.3 Å². The molecule has 0 aliphatic rings. The van der Waals surface area contributed by atoms with Crippen LogP contribution in [0.25, 0.3) is 98.8 Å². The molecule has 0 amide bonds. The fourth-order valence-corrected chi connectivity index (χ4v) is 7.63. The summed E-state index contributed by atoms with van der Waals surface area (Å²) in [7, 11) is 0. The van der Waals surface area contributed by atoms with Gasteiger partial charge < -0.3 is 4.42 Å². The molecule has 0 spiro atoms. The molecule has 0 aliphatic heterocycles. The summed E-state index contributed by atoms with van der Waals surface area (Å²) >= 11 is 0. The molecule has 49 heavy (non-hydrogen) atoms. The van der Waals surface area contributed by atoms with Crippen molar-refractivity contribution < 1.29 is 11.3 Å². The van der Waals surface area contributed by atoms with Gasteiger partial charge in [-0.2, -0.15) is 0 Å². The zero-order valence-electron chi connectivity index (χ0n) is 31.3. The van der Waals surface area contributed by atoms with Gasteiger partial charge in [0.25, 0.3) is 0 Å². The molecule has 228 valence electrons. The van der Waals surface area contributed by atoms with E-state index in [1.54, 1.807) is 0 Å². The lowest BCUT2D eigenvalue weighted by Crippen LogP contribution is -1.92. The normalized spacial score (nSPS) is 13.1. The molecule has 1 heteroatoms. The van der Waals surface area contributed by atoms with Crippen molar-refractivity contribution in [3.05, 3.63) is 182 Å². The molecule has 0 unspecified atom stereocenters. The molecule has 0 fully saturated rings. The molecule has 10 aromatic rings. The molecule has 0 atom stereocenters. The van der Waals surface area contributed by atoms with E-state index in [1.807, 2.05) is 48.5 Å². The number of rotatable bonds is 4. The van der Waals surface area contributed by atoms with E-state index in [1.165, 1.54) is 10.8 Å². The van der Waals surface area contributed by atoms with Crippen LogP contribution < -0.4 is 0 Å². The number of para-hydroxylation sites is 1. The lowest BCUT2D eigenvalue weighted by Gasteiger charge is -2.19. The second-order valence-electron chi connectivity index (χ2n) is 12.4. The highest BCUT2D eigenvalue weighted by Crippen LogP contribution is 2.47. The van der Waals surface area contributed by atoms with Crippen LogP contribution >= 0.6 is 0 Å². The summed E-state index contributed by atoms with van der Waals surface area (Å²) in [5.74, 6) is 0. The summed E-state index contributed by atoms with van der Waals surface area (Å²) in [6, 6.07) is 50.5. The Bertz CT molecular complexity index is 3090. The van der Waals surface area contributed by atoms with Gasteiger partial charge in [0.1, 0.15) is 11.2 Å². The fourth-order valence-electron chi connectivity index (χ4n) is 7.63. The molecule has 0 N–H and O–H groups in total. The van der Waals surface area contributed by atoms with Crippen LogP contribution in [-0.2, 0) is 0 Å². The molecular formula is C48H30O. The summed E-state index contributed by atoms with van der Waals surface area (Å²) in [5.41, 5.74) is 8.83. The van der Waals surface area contributed by atoms with Crippen molar-refractivity contribution in [3.63, 3.8) is 0 Å². The number of hydrogen-bond donors (Lipinski definition) is 0. The predicted molar refractivity (Wildman–Crippen MR) is 208 cm³/mol. The van der Waals surface area contributed by atoms with Gasteiger partial charge in [-0.3, -0.25) is 0 Å². The highest BCUT2D eigenvalue weighted by atomic mass is 16.3. The van der Waals surface area contributed by atoms with Gasteiger partial charge in [0.15, 0.2) is 0 Å². The van der Waals surface area contributed by atoms with Gasteiger partial charge in [0.2, 0.25) is 0 Å². The van der Waals surface area contributed by atoms with Crippen molar-refractivity contribution in [1.29, 1.82) is 0 Å². The SMILES string of the molecule is [2H]c1c([2H])c([2H])c(-c2c3ccccc3c(-c3cccc(-c4c(-c5ccc6ccccc6c5)ccc5oc6ccccc6c45)c3)c3ccccc23)c([2H])c1[2H]. The molecule has 0 bridgehead atoms. The predicted octanol–water partition coefficient (Wildman–Crippen LogP) is 13.7. The van der Waals surface area contributed by atoms with Crippen LogP contribution in [0.15, 0.2) is 186 Å². The van der Waals surface area contributed by atoms with E-state index in [-0.39, 0.29) is 29.7 Å². The highest BCUT2D eigenvalue weighted by Gasteiger charge is 2.20. The Labute approximate surface area is 291 Å². The summed E-state index contributed by atoms with van der Waals surface area (Å²) in [6.45, 7) is 0. The summed E-state index contributed by atoms with van der Waals surface area (Å²) in [5, 5.41) is 7.95. The van der Waals surface area contributed by atoms with Crippen molar-refractivity contribution in [3.8, 4) is 44.5 Å². The Morgan fingerprint density at radius 3 is 1.67 bits per heavy atom. The molecule has 1 nitrogen and oxygen atoms in total. The maximum Gasteiger partial charge on any atom is 0.136 e. The van der Waals surface area contributed by atoms with Crippen LogP contribution in [-0.4, -0.2) is 0 Å². The van der Waals surface area contributed by atoms with Crippen molar-refractivity contribution in [2.24, 2.45) is 0 Å². The zero-order valence-corrected chi connectivity index (χ0v) is 26.3. The maximum atomic E-state index is 8.93. The van der Waals surface area contributed by atoms with E-state index in [0.29, 0.717) is 5.56 Å². The smallest absolute Gasteiger partial charge is 0.136 e. The second kappa shape index (κ2) is 11.1. The standard InChI is InChI=1S/C48H30O/c1-2-14-32(15-3-1)45-38-19-6-8-21-40(38)46(41-22-9-7-20-39(41)45)35-17-12-18-36(30-35)47-37(34-26-25-31-13-4-5-16-33(31)29-34)27-28-44-48(47)42-23-10-11-24-43(42)49-44/h1-30H/i1D,2D,3D,14D,15D. The van der Waals surface area contributed by atoms with Gasteiger partial charge in [-0.05, 0) is 95.5 Å². The van der Waals surface area contributed by atoms with Crippen molar-refractivity contribution in [2.45, 2.75) is 0 Å². The molecule has 0 saturated heterocycles. The Hall–Kier alpha value is -6.44. The summed E-state index contributed by atoms with van der Waals surface area (Å²) in [4.78, 5) is 0. The van der Waals surface area contributed by atoms with Gasteiger partial charge in [-0.1, -0.05) is 158 Å². The maximum absolute atomic E-state index is 8.93. The first-order valence-electron chi connectivity index (χ1n) is 18.9. The first-order chi connectivity index (χ1) is 26.4. The van der Waals surface area contributed by atoms with E-state index >= 15 is 0 Å². The number of fused-ring (bicyclic) bond motifs is 6. The van der Waals surface area contributed by atoms with Crippen molar-refractivity contribution in [1.82, 2.24) is 0 Å². The average Bonchev–Trinajstić information content (AvgIpc) is 3.60. The first-order valence-corrected chi connectivity index (χ1v) is 16.4. The lowest BCUT2D eigenvalue weighted by atomic mass is 9.84. The van der Waals surface area contributed by atoms with Crippen LogP contribution in [0.5, 0.6) is 0 Å². The fraction of sp³-hybridized carbons (Fsp3) is 0. The summed E-state index contributed by atoms with van der Waals surface area (Å²) < 4.78 is 49.5. The van der Waals surface area contributed by atoms with Gasteiger partial charge in [0.05, 0.1) is 6.85 Å². The van der Waals surface area contributed by atoms with Gasteiger partial charge in [-0.25, -0.2) is 0 Å². The van der Waals surface area contributed by atoms with Crippen LogP contribution in [0.2, 0.25) is 0 Å². The molecule has 9 aromatic carbocycles. The van der Waals surface area contributed by atoms with E-state index in [2.05, 4.69) is 103 Å². The highest BCUT2D eigenvalue weighted by molar-refractivity contribution is 6.22. The van der Waals surface area contributed by atoms with Crippen LogP contribution in [0.3, 0.4) is 0 Å². The molecule has 1 aromatic heterocycles. The first kappa shape index (κ1) is 23.0. The second-order valence-corrected chi connectivity index (χ2v) is 12.4. The average molecular weight is 628 g/mol. The number of furan rings is 1. The minimum atomic E-state index is -0.403. The van der Waals surface area contributed by atoms with Crippen LogP contribution in [0, 0.1) is 0 Å². The Morgan fingerprint density at radius 2 is 0.959 bits per heavy atom. The number of benzene rings is 9. The van der Waals surface area contributed by atoms with E-state index in [0.717, 1.165) is 76.9 Å². The number of hydrogen-bond acceptors (Lipinski definition) is 1. The van der Waals surface area contributed by atoms with Crippen LogP contribution in [0.1, 0.15) is 6.85 Å². The monoisotopic (exact) mass is 627 g/mol. The Kier molecular flexibility index (Phi) is 5.20.